The Kier molecular flexibility index (Phi) is 10.8. The number of unbranched alkanes of at least 4 members (excludes halogenated alkanes) is 8. The average Bonchev–Trinajstić information content (AvgIpc) is 2.62. The van der Waals surface area contributed by atoms with E-state index < -0.39 is 11.9 Å². The number of amides is 1. The van der Waals surface area contributed by atoms with Gasteiger partial charge in [0.2, 0.25) is 5.91 Å². The minimum absolute atomic E-state index is 0.170. The molecular weight excluding hydrogens is 348 g/mol. The fourth-order valence-corrected chi connectivity index (χ4v) is 2.84. The molecule has 0 atom stereocenters. The molecule has 0 radical (unpaired) electrons. The Morgan fingerprint density at radius 1 is 0.741 bits per heavy atom. The molecule has 0 heterocycles. The second-order valence-electron chi connectivity index (χ2n) is 6.68. The maximum absolute atomic E-state index is 12.0. The number of anilines is 1. The van der Waals surface area contributed by atoms with Gasteiger partial charge in [-0.1, -0.05) is 44.9 Å². The van der Waals surface area contributed by atoms with E-state index in [0.717, 1.165) is 44.7 Å². The van der Waals surface area contributed by atoms with Gasteiger partial charge in [0.15, 0.2) is 0 Å². The van der Waals surface area contributed by atoms with Gasteiger partial charge in [-0.15, -0.1) is 0 Å². The Morgan fingerprint density at radius 2 is 1.19 bits per heavy atom. The molecule has 1 rings (SSSR count). The normalized spacial score (nSPS) is 10.6. The molecule has 1 aromatic rings. The minimum Gasteiger partial charge on any atom is -0.478 e. The quantitative estimate of drug-likeness (QED) is 0.363. The van der Waals surface area contributed by atoms with Crippen molar-refractivity contribution < 1.29 is 24.6 Å². The van der Waals surface area contributed by atoms with Crippen LogP contribution >= 0.6 is 0 Å². The first-order valence-electron chi connectivity index (χ1n) is 9.55. The van der Waals surface area contributed by atoms with Crippen LogP contribution in [0.2, 0.25) is 0 Å². The largest absolute Gasteiger partial charge is 0.478 e. The van der Waals surface area contributed by atoms with Crippen LogP contribution in [0.4, 0.5) is 5.69 Å². The van der Waals surface area contributed by atoms with Gasteiger partial charge in [0, 0.05) is 12.1 Å². The molecule has 1 aromatic carbocycles. The maximum Gasteiger partial charge on any atom is 0.335 e. The minimum atomic E-state index is -1.24. The van der Waals surface area contributed by atoms with Gasteiger partial charge in [-0.3, -0.25) is 4.79 Å². The summed E-state index contributed by atoms with van der Waals surface area (Å²) in [4.78, 5) is 34.1. The van der Waals surface area contributed by atoms with Crippen LogP contribution in [-0.2, 0) is 4.79 Å². The second-order valence-corrected chi connectivity index (χ2v) is 6.68. The number of rotatable bonds is 14. The smallest absolute Gasteiger partial charge is 0.335 e. The van der Waals surface area contributed by atoms with E-state index in [-0.39, 0.29) is 22.7 Å². The van der Waals surface area contributed by atoms with Crippen molar-refractivity contribution >= 4 is 23.5 Å². The van der Waals surface area contributed by atoms with E-state index in [1.54, 1.807) is 0 Å². The van der Waals surface area contributed by atoms with Crippen LogP contribution in [0.1, 0.15) is 84.9 Å². The lowest BCUT2D eigenvalue weighted by atomic mass is 10.1. The molecule has 0 unspecified atom stereocenters. The van der Waals surface area contributed by atoms with Crippen LogP contribution in [0, 0.1) is 0 Å². The van der Waals surface area contributed by atoms with Crippen LogP contribution in [0.3, 0.4) is 0 Å². The van der Waals surface area contributed by atoms with Crippen molar-refractivity contribution in [3.8, 4) is 0 Å². The highest BCUT2D eigenvalue weighted by molar-refractivity contribution is 5.98. The molecule has 7 nitrogen and oxygen atoms in total. The van der Waals surface area contributed by atoms with Gasteiger partial charge < -0.3 is 21.3 Å². The Bertz CT molecular complexity index is 599. The van der Waals surface area contributed by atoms with Crippen molar-refractivity contribution in [2.75, 3.05) is 11.9 Å². The summed E-state index contributed by atoms with van der Waals surface area (Å²) in [6.45, 7) is 0.764. The number of nitrogens with two attached hydrogens (primary N) is 1. The molecule has 0 bridgehead atoms. The molecule has 0 fully saturated rings. The van der Waals surface area contributed by atoms with E-state index in [2.05, 4.69) is 5.32 Å². The number of carbonyl (C=O) groups is 3. The van der Waals surface area contributed by atoms with E-state index in [4.69, 9.17) is 15.9 Å². The third-order valence-electron chi connectivity index (χ3n) is 4.32. The Morgan fingerprint density at radius 3 is 1.63 bits per heavy atom. The molecule has 7 heteroatoms. The lowest BCUT2D eigenvalue weighted by Crippen LogP contribution is -2.13. The standard InChI is InChI=1S/C20H30N2O5/c21-11-9-7-5-3-1-2-4-6-8-10-18(23)22-17-13-15(19(24)25)12-16(14-17)20(26)27/h12-14H,1-11,21H2,(H,22,23)(H,24,25)(H,26,27). The number of benzene rings is 1. The van der Waals surface area contributed by atoms with Crippen LogP contribution in [0.25, 0.3) is 0 Å². The van der Waals surface area contributed by atoms with Crippen molar-refractivity contribution in [2.45, 2.75) is 64.2 Å². The summed E-state index contributed by atoms with van der Waals surface area (Å²) in [6, 6.07) is 3.59. The number of aromatic carboxylic acids is 2. The van der Waals surface area contributed by atoms with Crippen molar-refractivity contribution in [1.29, 1.82) is 0 Å². The summed E-state index contributed by atoms with van der Waals surface area (Å²) in [7, 11) is 0. The van der Waals surface area contributed by atoms with Crippen molar-refractivity contribution in [1.82, 2.24) is 0 Å². The second kappa shape index (κ2) is 12.9. The third kappa shape index (κ3) is 9.75. The molecule has 0 saturated carbocycles. The predicted octanol–water partition coefficient (Wildman–Crippen LogP) is 3.88. The predicted molar refractivity (Wildman–Crippen MR) is 104 cm³/mol. The summed E-state index contributed by atoms with van der Waals surface area (Å²) in [5.74, 6) is -2.72. The zero-order chi connectivity index (χ0) is 20.1. The summed E-state index contributed by atoms with van der Waals surface area (Å²) in [5.41, 5.74) is 5.30. The highest BCUT2D eigenvalue weighted by Gasteiger charge is 2.12. The van der Waals surface area contributed by atoms with E-state index in [0.29, 0.717) is 6.42 Å². The zero-order valence-electron chi connectivity index (χ0n) is 15.7. The monoisotopic (exact) mass is 378 g/mol. The average molecular weight is 378 g/mol. The van der Waals surface area contributed by atoms with E-state index in [1.165, 1.54) is 37.8 Å². The lowest BCUT2D eigenvalue weighted by Gasteiger charge is -2.08. The summed E-state index contributed by atoms with van der Waals surface area (Å²) < 4.78 is 0. The van der Waals surface area contributed by atoms with Crippen molar-refractivity contribution in [3.05, 3.63) is 29.3 Å². The number of hydrogen-bond donors (Lipinski definition) is 4. The molecule has 0 aliphatic carbocycles. The van der Waals surface area contributed by atoms with Crippen LogP contribution in [0.15, 0.2) is 18.2 Å². The zero-order valence-corrected chi connectivity index (χ0v) is 15.7. The number of carbonyl (C=O) groups excluding carboxylic acids is 1. The fraction of sp³-hybridized carbons (Fsp3) is 0.550. The van der Waals surface area contributed by atoms with E-state index >= 15 is 0 Å². The first-order chi connectivity index (χ1) is 12.9. The van der Waals surface area contributed by atoms with Gasteiger partial charge in [0.05, 0.1) is 11.1 Å². The Balaban J connectivity index is 2.28. The van der Waals surface area contributed by atoms with Gasteiger partial charge in [-0.25, -0.2) is 9.59 Å². The molecule has 0 saturated heterocycles. The Hall–Kier alpha value is -2.41. The molecule has 1 amide bonds. The number of nitrogens with one attached hydrogen (secondary N) is 1. The highest BCUT2D eigenvalue weighted by Crippen LogP contribution is 2.17. The van der Waals surface area contributed by atoms with Crippen molar-refractivity contribution in [3.63, 3.8) is 0 Å². The van der Waals surface area contributed by atoms with Crippen LogP contribution in [-0.4, -0.2) is 34.6 Å². The lowest BCUT2D eigenvalue weighted by molar-refractivity contribution is -0.116. The Labute approximate surface area is 160 Å². The molecule has 27 heavy (non-hydrogen) atoms. The van der Waals surface area contributed by atoms with Gasteiger partial charge in [0.25, 0.3) is 0 Å². The van der Waals surface area contributed by atoms with E-state index in [1.807, 2.05) is 0 Å². The highest BCUT2D eigenvalue weighted by atomic mass is 16.4. The third-order valence-corrected chi connectivity index (χ3v) is 4.32. The van der Waals surface area contributed by atoms with Gasteiger partial charge >= 0.3 is 11.9 Å². The van der Waals surface area contributed by atoms with Gasteiger partial charge in [-0.05, 0) is 37.6 Å². The number of hydrogen-bond acceptors (Lipinski definition) is 4. The number of carboxylic acids is 2. The van der Waals surface area contributed by atoms with Crippen LogP contribution < -0.4 is 11.1 Å². The topological polar surface area (TPSA) is 130 Å². The number of carboxylic acid groups (broad SMARTS) is 2. The molecule has 0 aliphatic rings. The molecule has 150 valence electrons. The summed E-state index contributed by atoms with van der Waals surface area (Å²) in [6.07, 6.45) is 10.2. The van der Waals surface area contributed by atoms with Gasteiger partial charge in [0.1, 0.15) is 0 Å². The summed E-state index contributed by atoms with van der Waals surface area (Å²) >= 11 is 0. The first kappa shape index (κ1) is 22.6. The summed E-state index contributed by atoms with van der Waals surface area (Å²) in [5, 5.41) is 20.7. The van der Waals surface area contributed by atoms with Crippen molar-refractivity contribution in [2.24, 2.45) is 5.73 Å². The van der Waals surface area contributed by atoms with E-state index in [9.17, 15) is 14.4 Å². The molecule has 5 N–H and O–H groups in total. The molecule has 0 spiro atoms. The van der Waals surface area contributed by atoms with Gasteiger partial charge in [-0.2, -0.15) is 0 Å². The molecule has 0 aromatic heterocycles. The maximum atomic E-state index is 12.0. The first-order valence-corrected chi connectivity index (χ1v) is 9.55. The fourth-order valence-electron chi connectivity index (χ4n) is 2.84. The molecular formula is C20H30N2O5. The SMILES string of the molecule is NCCCCCCCCCCCC(=O)Nc1cc(C(=O)O)cc(C(=O)O)c1. The van der Waals surface area contributed by atoms with Crippen LogP contribution in [0.5, 0.6) is 0 Å². The molecule has 0 aliphatic heterocycles.